The summed E-state index contributed by atoms with van der Waals surface area (Å²) in [5.74, 6) is 1.01. The van der Waals surface area contributed by atoms with Gasteiger partial charge in [-0.2, -0.15) is 9.97 Å². The summed E-state index contributed by atoms with van der Waals surface area (Å²) >= 11 is 0. The molecule has 9 nitrogen and oxygen atoms in total. The second-order valence-electron chi connectivity index (χ2n) is 4.44. The number of ether oxygens (including phenoxy) is 4. The van der Waals surface area contributed by atoms with E-state index in [-0.39, 0.29) is 31.1 Å². The van der Waals surface area contributed by atoms with E-state index in [4.69, 9.17) is 18.9 Å². The van der Waals surface area contributed by atoms with Crippen molar-refractivity contribution in [3.63, 3.8) is 0 Å². The van der Waals surface area contributed by atoms with Crippen LogP contribution in [0.2, 0.25) is 0 Å². The first-order valence-electron chi connectivity index (χ1n) is 7.01. The van der Waals surface area contributed by atoms with Crippen molar-refractivity contribution in [3.05, 3.63) is 30.1 Å². The molecule has 1 aromatic carbocycles. The summed E-state index contributed by atoms with van der Waals surface area (Å²) in [6.07, 6.45) is 0. The molecule has 128 valence electrons. The maximum Gasteiger partial charge on any atom is 0.322 e. The number of methoxy groups -OCH3 is 3. The van der Waals surface area contributed by atoms with Crippen LogP contribution in [0, 0.1) is 0 Å². The first kappa shape index (κ1) is 17.3. The SMILES string of the molecule is COc1nc(CNC(=O)COc2ccccc2OC)nc(OC)n1. The number of rotatable bonds is 8. The zero-order valence-electron chi connectivity index (χ0n) is 13.6. The summed E-state index contributed by atoms with van der Waals surface area (Å²) in [6.45, 7) is -0.0803. The minimum Gasteiger partial charge on any atom is -0.493 e. The molecule has 0 aliphatic carbocycles. The first-order chi connectivity index (χ1) is 11.7. The van der Waals surface area contributed by atoms with Crippen molar-refractivity contribution in [1.82, 2.24) is 20.3 Å². The van der Waals surface area contributed by atoms with Gasteiger partial charge in [0.05, 0.1) is 27.9 Å². The number of hydrogen-bond donors (Lipinski definition) is 1. The van der Waals surface area contributed by atoms with Crippen molar-refractivity contribution < 1.29 is 23.7 Å². The summed E-state index contributed by atoms with van der Waals surface area (Å²) in [7, 11) is 4.39. The highest BCUT2D eigenvalue weighted by molar-refractivity contribution is 5.77. The van der Waals surface area contributed by atoms with Gasteiger partial charge in [0.15, 0.2) is 23.9 Å². The molecule has 1 amide bonds. The predicted octanol–water partition coefficient (Wildman–Crippen LogP) is 0.593. The molecule has 1 N–H and O–H groups in total. The number of carbonyl (C=O) groups is 1. The molecule has 0 atom stereocenters. The van der Waals surface area contributed by atoms with Crippen LogP contribution in [0.25, 0.3) is 0 Å². The Balaban J connectivity index is 1.89. The normalized spacial score (nSPS) is 9.96. The summed E-state index contributed by atoms with van der Waals surface area (Å²) in [4.78, 5) is 23.8. The average Bonchev–Trinajstić information content (AvgIpc) is 2.64. The number of nitrogens with zero attached hydrogens (tertiary/aromatic N) is 3. The molecule has 0 saturated heterocycles. The zero-order chi connectivity index (χ0) is 17.4. The predicted molar refractivity (Wildman–Crippen MR) is 83.3 cm³/mol. The number of nitrogens with one attached hydrogen (secondary N) is 1. The molecule has 0 aliphatic rings. The van der Waals surface area contributed by atoms with E-state index < -0.39 is 0 Å². The molecule has 0 bridgehead atoms. The molecule has 24 heavy (non-hydrogen) atoms. The van der Waals surface area contributed by atoms with Crippen LogP contribution in [-0.4, -0.2) is 48.8 Å². The average molecular weight is 334 g/mol. The Kier molecular flexibility index (Phi) is 6.12. The van der Waals surface area contributed by atoms with Crippen molar-refractivity contribution >= 4 is 5.91 Å². The smallest absolute Gasteiger partial charge is 0.322 e. The second kappa shape index (κ2) is 8.51. The van der Waals surface area contributed by atoms with Gasteiger partial charge in [-0.25, -0.2) is 0 Å². The minimum absolute atomic E-state index is 0.0867. The summed E-state index contributed by atoms with van der Waals surface area (Å²) in [6, 6.07) is 7.28. The van der Waals surface area contributed by atoms with Gasteiger partial charge in [0.25, 0.3) is 5.91 Å². The molecule has 0 aliphatic heterocycles. The fourth-order valence-corrected chi connectivity index (χ4v) is 1.75. The quantitative estimate of drug-likeness (QED) is 0.748. The molecule has 1 heterocycles. The van der Waals surface area contributed by atoms with Crippen LogP contribution in [0.4, 0.5) is 0 Å². The van der Waals surface area contributed by atoms with E-state index in [9.17, 15) is 4.79 Å². The third kappa shape index (κ3) is 4.70. The van der Waals surface area contributed by atoms with Gasteiger partial charge in [-0.15, -0.1) is 4.98 Å². The molecule has 0 saturated carbocycles. The Morgan fingerprint density at radius 2 is 1.58 bits per heavy atom. The lowest BCUT2D eigenvalue weighted by atomic mass is 10.3. The van der Waals surface area contributed by atoms with Crippen LogP contribution in [-0.2, 0) is 11.3 Å². The van der Waals surface area contributed by atoms with E-state index in [0.717, 1.165) is 0 Å². The second-order valence-corrected chi connectivity index (χ2v) is 4.44. The number of carbonyl (C=O) groups excluding carboxylic acids is 1. The molecule has 0 radical (unpaired) electrons. The third-order valence-electron chi connectivity index (χ3n) is 2.88. The van der Waals surface area contributed by atoms with E-state index in [1.807, 2.05) is 6.07 Å². The third-order valence-corrected chi connectivity index (χ3v) is 2.88. The molecule has 0 unspecified atom stereocenters. The number of para-hydroxylation sites is 2. The van der Waals surface area contributed by atoms with Crippen molar-refractivity contribution in [3.8, 4) is 23.5 Å². The highest BCUT2D eigenvalue weighted by Crippen LogP contribution is 2.25. The lowest BCUT2D eigenvalue weighted by Crippen LogP contribution is -2.29. The Bertz CT molecular complexity index is 673. The largest absolute Gasteiger partial charge is 0.493 e. The van der Waals surface area contributed by atoms with Gasteiger partial charge >= 0.3 is 12.0 Å². The van der Waals surface area contributed by atoms with Crippen molar-refractivity contribution in [2.45, 2.75) is 6.54 Å². The number of hydrogen-bond acceptors (Lipinski definition) is 8. The van der Waals surface area contributed by atoms with E-state index in [0.29, 0.717) is 17.3 Å². The van der Waals surface area contributed by atoms with Crippen LogP contribution in [0.1, 0.15) is 5.82 Å². The van der Waals surface area contributed by atoms with Crippen molar-refractivity contribution in [2.24, 2.45) is 0 Å². The van der Waals surface area contributed by atoms with Gasteiger partial charge in [0.2, 0.25) is 0 Å². The zero-order valence-corrected chi connectivity index (χ0v) is 13.6. The highest BCUT2D eigenvalue weighted by atomic mass is 16.5. The Morgan fingerprint density at radius 1 is 0.958 bits per heavy atom. The van der Waals surface area contributed by atoms with Crippen LogP contribution < -0.4 is 24.3 Å². The van der Waals surface area contributed by atoms with E-state index in [1.165, 1.54) is 21.3 Å². The summed E-state index contributed by atoms with van der Waals surface area (Å²) < 4.78 is 20.5. The van der Waals surface area contributed by atoms with Crippen LogP contribution in [0.5, 0.6) is 23.5 Å². The molecule has 0 fully saturated rings. The lowest BCUT2D eigenvalue weighted by molar-refractivity contribution is -0.123. The Labute approximate surface area is 139 Å². The van der Waals surface area contributed by atoms with E-state index in [1.54, 1.807) is 18.2 Å². The molecule has 2 rings (SSSR count). The molecule has 9 heteroatoms. The van der Waals surface area contributed by atoms with Gasteiger partial charge in [-0.05, 0) is 12.1 Å². The standard InChI is InChI=1S/C15H18N4O5/c1-21-10-6-4-5-7-11(10)24-9-13(20)16-8-12-17-14(22-2)19-15(18-12)23-3/h4-7H,8-9H2,1-3H3,(H,16,20). The lowest BCUT2D eigenvalue weighted by Gasteiger charge is -2.10. The van der Waals surface area contributed by atoms with Gasteiger partial charge in [-0.3, -0.25) is 4.79 Å². The number of aromatic nitrogens is 3. The Hall–Kier alpha value is -3.10. The van der Waals surface area contributed by atoms with Gasteiger partial charge in [-0.1, -0.05) is 12.1 Å². The molecular weight excluding hydrogens is 316 g/mol. The monoisotopic (exact) mass is 334 g/mol. The van der Waals surface area contributed by atoms with Crippen LogP contribution >= 0.6 is 0 Å². The maximum atomic E-state index is 11.9. The minimum atomic E-state index is -0.334. The van der Waals surface area contributed by atoms with Gasteiger partial charge in [0.1, 0.15) is 0 Å². The fraction of sp³-hybridized carbons (Fsp3) is 0.333. The number of benzene rings is 1. The van der Waals surface area contributed by atoms with Gasteiger partial charge < -0.3 is 24.3 Å². The highest BCUT2D eigenvalue weighted by Gasteiger charge is 2.10. The fourth-order valence-electron chi connectivity index (χ4n) is 1.75. The number of amides is 1. The molecular formula is C15H18N4O5. The van der Waals surface area contributed by atoms with E-state index >= 15 is 0 Å². The van der Waals surface area contributed by atoms with Crippen molar-refractivity contribution in [1.29, 1.82) is 0 Å². The molecule has 0 spiro atoms. The Morgan fingerprint density at radius 3 is 2.17 bits per heavy atom. The molecule has 2 aromatic rings. The first-order valence-corrected chi connectivity index (χ1v) is 7.01. The van der Waals surface area contributed by atoms with Crippen molar-refractivity contribution in [2.75, 3.05) is 27.9 Å². The van der Waals surface area contributed by atoms with Gasteiger partial charge in [0, 0.05) is 0 Å². The summed E-state index contributed by atoms with van der Waals surface area (Å²) in [5, 5.41) is 2.64. The maximum absolute atomic E-state index is 11.9. The molecule has 1 aromatic heterocycles. The summed E-state index contributed by atoms with van der Waals surface area (Å²) in [5.41, 5.74) is 0. The topological polar surface area (TPSA) is 105 Å². The van der Waals surface area contributed by atoms with Crippen LogP contribution in [0.3, 0.4) is 0 Å². The van der Waals surface area contributed by atoms with E-state index in [2.05, 4.69) is 20.3 Å². The van der Waals surface area contributed by atoms with Crippen LogP contribution in [0.15, 0.2) is 24.3 Å².